The Kier molecular flexibility index (Phi) is 2.60. The Morgan fingerprint density at radius 1 is 1.47 bits per heavy atom. The van der Waals surface area contributed by atoms with Crippen LogP contribution in [0.5, 0.6) is 0 Å². The van der Waals surface area contributed by atoms with E-state index in [4.69, 9.17) is 4.74 Å². The highest BCUT2D eigenvalue weighted by Crippen LogP contribution is 2.34. The van der Waals surface area contributed by atoms with Gasteiger partial charge in [-0.15, -0.1) is 0 Å². The standard InChI is InChI=1S/C13H18N4O2/c18-13(17-9-3-7-1-2-12(9)19-7)10-4-8-11(5-14-10)16-6-15-8/h6-7,9-10,12,14H,1-5H2,(H,15,16)(H,17,18). The summed E-state index contributed by atoms with van der Waals surface area (Å²) in [6.45, 7) is 0.681. The molecule has 102 valence electrons. The van der Waals surface area contributed by atoms with Gasteiger partial charge in [0.05, 0.1) is 42.0 Å². The summed E-state index contributed by atoms with van der Waals surface area (Å²) in [5.41, 5.74) is 2.09. The van der Waals surface area contributed by atoms with Crippen LogP contribution in [0.25, 0.3) is 0 Å². The number of rotatable bonds is 2. The van der Waals surface area contributed by atoms with Crippen LogP contribution in [0.3, 0.4) is 0 Å². The van der Waals surface area contributed by atoms with E-state index in [-0.39, 0.29) is 24.1 Å². The fourth-order valence-electron chi connectivity index (χ4n) is 3.43. The molecular weight excluding hydrogens is 244 g/mol. The van der Waals surface area contributed by atoms with Crippen molar-refractivity contribution >= 4 is 5.91 Å². The molecule has 4 heterocycles. The normalized spacial score (nSPS) is 36.2. The fraction of sp³-hybridized carbons (Fsp3) is 0.692. The van der Waals surface area contributed by atoms with E-state index in [1.807, 2.05) is 0 Å². The van der Waals surface area contributed by atoms with E-state index in [9.17, 15) is 4.79 Å². The van der Waals surface area contributed by atoms with E-state index < -0.39 is 0 Å². The summed E-state index contributed by atoms with van der Waals surface area (Å²) in [5.74, 6) is 0.0785. The molecule has 1 amide bonds. The number of hydrogen-bond donors (Lipinski definition) is 3. The first-order valence-electron chi connectivity index (χ1n) is 7.00. The van der Waals surface area contributed by atoms with E-state index in [1.54, 1.807) is 6.33 Å². The first kappa shape index (κ1) is 11.4. The number of aromatic amines is 1. The van der Waals surface area contributed by atoms with Gasteiger partial charge >= 0.3 is 0 Å². The number of amides is 1. The number of aromatic nitrogens is 2. The minimum absolute atomic E-state index is 0.0785. The first-order chi connectivity index (χ1) is 9.29. The summed E-state index contributed by atoms with van der Waals surface area (Å²) < 4.78 is 5.76. The molecule has 4 atom stereocenters. The Morgan fingerprint density at radius 2 is 2.42 bits per heavy atom. The third kappa shape index (κ3) is 1.95. The average molecular weight is 262 g/mol. The van der Waals surface area contributed by atoms with Gasteiger partial charge in [-0.1, -0.05) is 0 Å². The van der Waals surface area contributed by atoms with Gasteiger partial charge in [0, 0.05) is 13.0 Å². The molecule has 3 aliphatic rings. The second-order valence-electron chi connectivity index (χ2n) is 5.69. The van der Waals surface area contributed by atoms with Crippen molar-refractivity contribution in [2.45, 2.75) is 56.5 Å². The predicted molar refractivity (Wildman–Crippen MR) is 67.4 cm³/mol. The van der Waals surface area contributed by atoms with Gasteiger partial charge in [0.15, 0.2) is 0 Å². The van der Waals surface area contributed by atoms with Gasteiger partial charge in [0.25, 0.3) is 0 Å². The Bertz CT molecular complexity index is 501. The lowest BCUT2D eigenvalue weighted by molar-refractivity contribution is -0.124. The molecule has 3 N–H and O–H groups in total. The molecule has 0 saturated carbocycles. The molecule has 2 bridgehead atoms. The maximum absolute atomic E-state index is 12.3. The Hall–Kier alpha value is -1.40. The van der Waals surface area contributed by atoms with E-state index in [1.165, 1.54) is 0 Å². The highest BCUT2D eigenvalue weighted by molar-refractivity contribution is 5.82. The molecule has 4 rings (SSSR count). The molecule has 0 aromatic carbocycles. The van der Waals surface area contributed by atoms with Crippen LogP contribution in [0.2, 0.25) is 0 Å². The highest BCUT2D eigenvalue weighted by atomic mass is 16.5. The smallest absolute Gasteiger partial charge is 0.237 e. The lowest BCUT2D eigenvalue weighted by atomic mass is 9.95. The predicted octanol–water partition coefficient (Wildman–Crippen LogP) is -0.140. The van der Waals surface area contributed by atoms with Crippen LogP contribution in [-0.2, 0) is 22.5 Å². The van der Waals surface area contributed by atoms with E-state index in [0.717, 1.165) is 30.7 Å². The largest absolute Gasteiger partial charge is 0.373 e. The number of fused-ring (bicyclic) bond motifs is 3. The third-order valence-corrected chi connectivity index (χ3v) is 4.48. The Labute approximate surface area is 111 Å². The summed E-state index contributed by atoms with van der Waals surface area (Å²) in [6, 6.07) is 0.0311. The van der Waals surface area contributed by atoms with Gasteiger partial charge in [0.1, 0.15) is 0 Å². The molecule has 0 spiro atoms. The van der Waals surface area contributed by atoms with Crippen LogP contribution in [0, 0.1) is 0 Å². The molecule has 3 aliphatic heterocycles. The molecule has 4 unspecified atom stereocenters. The van der Waals surface area contributed by atoms with Crippen molar-refractivity contribution in [3.63, 3.8) is 0 Å². The molecule has 6 heteroatoms. The topological polar surface area (TPSA) is 79.0 Å². The minimum atomic E-state index is -0.171. The highest BCUT2D eigenvalue weighted by Gasteiger charge is 2.42. The van der Waals surface area contributed by atoms with Crippen molar-refractivity contribution in [3.8, 4) is 0 Å². The van der Waals surface area contributed by atoms with Crippen LogP contribution in [0.4, 0.5) is 0 Å². The van der Waals surface area contributed by atoms with Crippen LogP contribution in [0.15, 0.2) is 6.33 Å². The maximum Gasteiger partial charge on any atom is 0.237 e. The average Bonchev–Trinajstić information content (AvgIpc) is 3.13. The van der Waals surface area contributed by atoms with Gasteiger partial charge in [-0.3, -0.25) is 10.1 Å². The number of ether oxygens (including phenoxy) is 1. The van der Waals surface area contributed by atoms with E-state index >= 15 is 0 Å². The zero-order valence-corrected chi connectivity index (χ0v) is 10.7. The number of carbonyl (C=O) groups excluding carboxylic acids is 1. The summed E-state index contributed by atoms with van der Waals surface area (Å²) in [4.78, 5) is 19.6. The SMILES string of the molecule is O=C(NC1CC2CCC1O2)C1Cc2nc[nH]c2CN1. The first-order valence-corrected chi connectivity index (χ1v) is 7.00. The molecule has 19 heavy (non-hydrogen) atoms. The Balaban J connectivity index is 1.39. The molecule has 0 aliphatic carbocycles. The van der Waals surface area contributed by atoms with Crippen molar-refractivity contribution in [3.05, 3.63) is 17.7 Å². The number of hydrogen-bond acceptors (Lipinski definition) is 4. The third-order valence-electron chi connectivity index (χ3n) is 4.48. The number of nitrogens with zero attached hydrogens (tertiary/aromatic N) is 1. The van der Waals surface area contributed by atoms with Crippen molar-refractivity contribution in [1.82, 2.24) is 20.6 Å². The zero-order valence-electron chi connectivity index (χ0n) is 10.7. The number of H-pyrrole nitrogens is 1. The van der Waals surface area contributed by atoms with Crippen molar-refractivity contribution in [2.75, 3.05) is 0 Å². The second kappa shape index (κ2) is 4.31. The zero-order chi connectivity index (χ0) is 12.8. The van der Waals surface area contributed by atoms with Crippen LogP contribution in [-0.4, -0.2) is 40.2 Å². The lowest BCUT2D eigenvalue weighted by Crippen LogP contribution is -2.52. The molecule has 2 saturated heterocycles. The molecular formula is C13H18N4O2. The number of imidazole rings is 1. The van der Waals surface area contributed by atoms with Crippen molar-refractivity contribution in [1.29, 1.82) is 0 Å². The van der Waals surface area contributed by atoms with Gasteiger partial charge in [-0.2, -0.15) is 0 Å². The fourth-order valence-corrected chi connectivity index (χ4v) is 3.43. The van der Waals surface area contributed by atoms with E-state index in [2.05, 4.69) is 20.6 Å². The van der Waals surface area contributed by atoms with Gasteiger partial charge in [-0.25, -0.2) is 4.98 Å². The van der Waals surface area contributed by atoms with Crippen molar-refractivity contribution < 1.29 is 9.53 Å². The summed E-state index contributed by atoms with van der Waals surface area (Å²) in [7, 11) is 0. The van der Waals surface area contributed by atoms with Gasteiger partial charge in [-0.05, 0) is 19.3 Å². The minimum Gasteiger partial charge on any atom is -0.373 e. The molecule has 1 aromatic rings. The molecule has 6 nitrogen and oxygen atoms in total. The summed E-state index contributed by atoms with van der Waals surface area (Å²) in [5, 5.41) is 6.39. The van der Waals surface area contributed by atoms with Gasteiger partial charge in [0.2, 0.25) is 5.91 Å². The molecule has 0 radical (unpaired) electrons. The van der Waals surface area contributed by atoms with E-state index in [0.29, 0.717) is 19.1 Å². The lowest BCUT2D eigenvalue weighted by Gasteiger charge is -2.26. The van der Waals surface area contributed by atoms with Crippen LogP contribution >= 0.6 is 0 Å². The van der Waals surface area contributed by atoms with Crippen LogP contribution < -0.4 is 10.6 Å². The molecule has 1 aromatic heterocycles. The Morgan fingerprint density at radius 3 is 3.21 bits per heavy atom. The number of nitrogens with one attached hydrogen (secondary N) is 3. The second-order valence-corrected chi connectivity index (χ2v) is 5.69. The van der Waals surface area contributed by atoms with Gasteiger partial charge < -0.3 is 15.0 Å². The summed E-state index contributed by atoms with van der Waals surface area (Å²) in [6.07, 6.45) is 6.15. The maximum atomic E-state index is 12.3. The molecule has 2 fully saturated rings. The monoisotopic (exact) mass is 262 g/mol. The number of carbonyl (C=O) groups is 1. The van der Waals surface area contributed by atoms with Crippen LogP contribution in [0.1, 0.15) is 30.7 Å². The summed E-state index contributed by atoms with van der Waals surface area (Å²) >= 11 is 0. The quantitative estimate of drug-likeness (QED) is 0.693. The van der Waals surface area contributed by atoms with Crippen molar-refractivity contribution in [2.24, 2.45) is 0 Å².